The number of benzene rings is 1. The molecular weight excluding hydrogens is 232 g/mol. The number of nitrogens with two attached hydrogens (primary N) is 1. The Bertz CT molecular complexity index is 378. The van der Waals surface area contributed by atoms with Crippen molar-refractivity contribution < 1.29 is 8.78 Å². The van der Waals surface area contributed by atoms with Gasteiger partial charge in [-0.2, -0.15) is 0 Å². The largest absolute Gasteiger partial charge is 0.324 e. The second kappa shape index (κ2) is 5.11. The molecule has 0 heterocycles. The van der Waals surface area contributed by atoms with Crippen LogP contribution in [-0.4, -0.2) is 0 Å². The van der Waals surface area contributed by atoms with E-state index < -0.39 is 17.7 Å². The zero-order valence-electron chi connectivity index (χ0n) is 9.17. The monoisotopic (exact) mass is 247 g/mol. The van der Waals surface area contributed by atoms with Crippen LogP contribution >= 0.6 is 12.4 Å². The Labute approximate surface area is 100 Å². The lowest BCUT2D eigenvalue weighted by atomic mass is 9.99. The van der Waals surface area contributed by atoms with Gasteiger partial charge in [0.15, 0.2) is 0 Å². The van der Waals surface area contributed by atoms with Crippen molar-refractivity contribution in [2.45, 2.75) is 32.2 Å². The molecule has 0 bridgehead atoms. The van der Waals surface area contributed by atoms with Gasteiger partial charge in [0.25, 0.3) is 0 Å². The van der Waals surface area contributed by atoms with E-state index in [4.69, 9.17) is 5.73 Å². The molecule has 2 rings (SSSR count). The van der Waals surface area contributed by atoms with Crippen LogP contribution in [0.1, 0.15) is 36.4 Å². The molecule has 1 saturated carbocycles. The van der Waals surface area contributed by atoms with Gasteiger partial charge in [-0.15, -0.1) is 12.4 Å². The predicted molar refractivity (Wildman–Crippen MR) is 62.6 cm³/mol. The molecule has 0 aromatic heterocycles. The van der Waals surface area contributed by atoms with Gasteiger partial charge in [-0.1, -0.05) is 18.9 Å². The minimum Gasteiger partial charge on any atom is -0.324 e. The molecule has 1 aromatic rings. The normalized spacial score (nSPS) is 16.8. The zero-order valence-corrected chi connectivity index (χ0v) is 9.99. The Morgan fingerprint density at radius 3 is 2.56 bits per heavy atom. The van der Waals surface area contributed by atoms with E-state index in [0.29, 0.717) is 17.9 Å². The summed E-state index contributed by atoms with van der Waals surface area (Å²) in [6.07, 6.45) is 2.98. The maximum Gasteiger partial charge on any atom is 0.133 e. The van der Waals surface area contributed by atoms with Gasteiger partial charge in [-0.3, -0.25) is 0 Å². The molecule has 16 heavy (non-hydrogen) atoms. The number of halogens is 3. The summed E-state index contributed by atoms with van der Waals surface area (Å²) in [5, 5.41) is 0. The van der Waals surface area contributed by atoms with Crippen molar-refractivity contribution in [3.05, 3.63) is 34.9 Å². The number of hydrogen-bond donors (Lipinski definition) is 1. The highest BCUT2D eigenvalue weighted by Gasteiger charge is 2.27. The fraction of sp³-hybridized carbons (Fsp3) is 0.500. The maximum absolute atomic E-state index is 13.7. The molecule has 1 nitrogen and oxygen atoms in total. The van der Waals surface area contributed by atoms with Crippen molar-refractivity contribution in [2.75, 3.05) is 0 Å². The van der Waals surface area contributed by atoms with E-state index in [2.05, 4.69) is 0 Å². The molecule has 4 heteroatoms. The fourth-order valence-corrected chi connectivity index (χ4v) is 1.85. The summed E-state index contributed by atoms with van der Waals surface area (Å²) in [5.74, 6) is -0.436. The fourth-order valence-electron chi connectivity index (χ4n) is 1.85. The quantitative estimate of drug-likeness (QED) is 0.869. The highest BCUT2D eigenvalue weighted by molar-refractivity contribution is 5.85. The van der Waals surface area contributed by atoms with Crippen LogP contribution in [0.4, 0.5) is 8.78 Å². The van der Waals surface area contributed by atoms with Crippen LogP contribution in [0.15, 0.2) is 12.1 Å². The van der Waals surface area contributed by atoms with Crippen LogP contribution in [0.25, 0.3) is 0 Å². The van der Waals surface area contributed by atoms with E-state index in [-0.39, 0.29) is 18.0 Å². The number of aryl methyl sites for hydroxylation is 1. The SMILES string of the molecule is Cc1ccc(F)c([C@H](N)CC2CC2)c1F.Cl. The molecule has 2 N–H and O–H groups in total. The summed E-state index contributed by atoms with van der Waals surface area (Å²) < 4.78 is 27.1. The van der Waals surface area contributed by atoms with Crippen molar-refractivity contribution in [3.63, 3.8) is 0 Å². The van der Waals surface area contributed by atoms with E-state index in [1.165, 1.54) is 12.1 Å². The average molecular weight is 248 g/mol. The van der Waals surface area contributed by atoms with Crippen LogP contribution < -0.4 is 5.73 Å². The summed E-state index contributed by atoms with van der Waals surface area (Å²) in [5.41, 5.74) is 6.34. The van der Waals surface area contributed by atoms with Gasteiger partial charge in [-0.25, -0.2) is 8.78 Å². The number of hydrogen-bond acceptors (Lipinski definition) is 1. The van der Waals surface area contributed by atoms with Crippen LogP contribution in [0.5, 0.6) is 0 Å². The minimum atomic E-state index is -0.522. The van der Waals surface area contributed by atoms with Crippen molar-refractivity contribution in [1.82, 2.24) is 0 Å². The van der Waals surface area contributed by atoms with Crippen LogP contribution in [0, 0.1) is 24.5 Å². The molecule has 1 aliphatic rings. The first-order chi connectivity index (χ1) is 7.09. The Hall–Kier alpha value is -0.670. The van der Waals surface area contributed by atoms with Gasteiger partial charge >= 0.3 is 0 Å². The van der Waals surface area contributed by atoms with Gasteiger partial charge < -0.3 is 5.73 Å². The molecule has 0 spiro atoms. The lowest BCUT2D eigenvalue weighted by Gasteiger charge is -2.14. The van der Waals surface area contributed by atoms with Gasteiger partial charge in [0.2, 0.25) is 0 Å². The smallest absolute Gasteiger partial charge is 0.133 e. The standard InChI is InChI=1S/C12H15F2N.ClH/c1-7-2-5-9(13)11(12(7)14)10(15)6-8-3-4-8;/h2,5,8,10H,3-4,6,15H2,1H3;1H/t10-;/m1./s1. The van der Waals surface area contributed by atoms with Crippen molar-refractivity contribution in [3.8, 4) is 0 Å². The molecule has 1 atom stereocenters. The summed E-state index contributed by atoms with van der Waals surface area (Å²) in [7, 11) is 0. The summed E-state index contributed by atoms with van der Waals surface area (Å²) in [6.45, 7) is 1.63. The maximum atomic E-state index is 13.7. The van der Waals surface area contributed by atoms with Crippen LogP contribution in [0.2, 0.25) is 0 Å². The molecule has 0 amide bonds. The van der Waals surface area contributed by atoms with Gasteiger partial charge in [0.05, 0.1) is 0 Å². The topological polar surface area (TPSA) is 26.0 Å². The highest BCUT2D eigenvalue weighted by Crippen LogP contribution is 2.37. The van der Waals surface area contributed by atoms with Crippen molar-refractivity contribution >= 4 is 12.4 Å². The van der Waals surface area contributed by atoms with Crippen LogP contribution in [0.3, 0.4) is 0 Å². The van der Waals surface area contributed by atoms with Gasteiger partial charge in [0, 0.05) is 11.6 Å². The predicted octanol–water partition coefficient (Wildman–Crippen LogP) is 3.49. The van der Waals surface area contributed by atoms with E-state index in [9.17, 15) is 8.78 Å². The molecule has 1 fully saturated rings. The summed E-state index contributed by atoms with van der Waals surface area (Å²) in [4.78, 5) is 0. The third kappa shape index (κ3) is 2.71. The third-order valence-corrected chi connectivity index (χ3v) is 2.97. The van der Waals surface area contributed by atoms with Crippen LogP contribution in [-0.2, 0) is 0 Å². The lowest BCUT2D eigenvalue weighted by molar-refractivity contribution is 0.495. The molecule has 0 aliphatic heterocycles. The van der Waals surface area contributed by atoms with Crippen molar-refractivity contribution in [1.29, 1.82) is 0 Å². The van der Waals surface area contributed by atoms with E-state index >= 15 is 0 Å². The first kappa shape index (κ1) is 13.4. The third-order valence-electron chi connectivity index (χ3n) is 2.97. The first-order valence-corrected chi connectivity index (χ1v) is 5.29. The molecule has 1 aromatic carbocycles. The Morgan fingerprint density at radius 2 is 2.00 bits per heavy atom. The highest BCUT2D eigenvalue weighted by atomic mass is 35.5. The van der Waals surface area contributed by atoms with Gasteiger partial charge in [0.1, 0.15) is 11.6 Å². The minimum absolute atomic E-state index is 0. The second-order valence-electron chi connectivity index (χ2n) is 4.38. The average Bonchev–Trinajstić information content (AvgIpc) is 2.96. The second-order valence-corrected chi connectivity index (χ2v) is 4.38. The first-order valence-electron chi connectivity index (χ1n) is 5.29. The molecule has 0 radical (unpaired) electrons. The molecule has 0 saturated heterocycles. The van der Waals surface area contributed by atoms with E-state index in [1.807, 2.05) is 0 Å². The Kier molecular flexibility index (Phi) is 4.28. The lowest BCUT2D eigenvalue weighted by Crippen LogP contribution is -2.15. The zero-order chi connectivity index (χ0) is 11.0. The molecule has 90 valence electrons. The van der Waals surface area contributed by atoms with Gasteiger partial charge in [-0.05, 0) is 30.9 Å². The molecular formula is C12H16ClF2N. The van der Waals surface area contributed by atoms with Crippen molar-refractivity contribution in [2.24, 2.45) is 11.7 Å². The van der Waals surface area contributed by atoms with E-state index in [0.717, 1.165) is 12.8 Å². The molecule has 0 unspecified atom stereocenters. The van der Waals surface area contributed by atoms with E-state index in [1.54, 1.807) is 6.92 Å². The summed E-state index contributed by atoms with van der Waals surface area (Å²) >= 11 is 0. The number of rotatable bonds is 3. The summed E-state index contributed by atoms with van der Waals surface area (Å²) in [6, 6.07) is 2.23. The molecule has 1 aliphatic carbocycles. The Morgan fingerprint density at radius 1 is 1.38 bits per heavy atom. The Balaban J connectivity index is 0.00000128.